The molecule has 2 atom stereocenters. The Bertz CT molecular complexity index is 397. The van der Waals surface area contributed by atoms with Gasteiger partial charge in [0.1, 0.15) is 0 Å². The summed E-state index contributed by atoms with van der Waals surface area (Å²) in [7, 11) is 0. The van der Waals surface area contributed by atoms with Crippen LogP contribution in [0.3, 0.4) is 0 Å². The summed E-state index contributed by atoms with van der Waals surface area (Å²) < 4.78 is 0. The lowest BCUT2D eigenvalue weighted by Crippen LogP contribution is -2.47. The number of nitrogens with zero attached hydrogens (tertiary/aromatic N) is 2. The lowest BCUT2D eigenvalue weighted by Gasteiger charge is -2.38. The number of nitrogens with one attached hydrogen (secondary N) is 1. The predicted octanol–water partition coefficient (Wildman–Crippen LogP) is 2.43. The van der Waals surface area contributed by atoms with Crippen molar-refractivity contribution in [3.63, 3.8) is 0 Å². The molecule has 2 rings (SSSR count). The smallest absolute Gasteiger partial charge is 0.355 e. The second-order valence-electron chi connectivity index (χ2n) is 4.49. The standard InChI is InChI=1S/C11H17N3O2S/c1-7-4-3-5-8(2)14(7)13-11-12-9(6-17-11)10(15)16/h6-8H,3-5H2,1-2H3,(H,12,13)(H,15,16). The molecule has 1 aromatic rings. The zero-order chi connectivity index (χ0) is 12.4. The zero-order valence-electron chi connectivity index (χ0n) is 10.0. The molecule has 2 unspecified atom stereocenters. The molecule has 0 radical (unpaired) electrons. The van der Waals surface area contributed by atoms with Gasteiger partial charge in [-0.25, -0.2) is 14.8 Å². The average molecular weight is 255 g/mol. The molecule has 0 aliphatic carbocycles. The molecular weight excluding hydrogens is 238 g/mol. The molecule has 1 saturated heterocycles. The summed E-state index contributed by atoms with van der Waals surface area (Å²) in [5.41, 5.74) is 3.34. The van der Waals surface area contributed by atoms with Crippen LogP contribution in [0.25, 0.3) is 0 Å². The van der Waals surface area contributed by atoms with Crippen molar-refractivity contribution in [3.8, 4) is 0 Å². The number of carboxylic acids is 1. The monoisotopic (exact) mass is 255 g/mol. The van der Waals surface area contributed by atoms with Crippen molar-refractivity contribution in [2.45, 2.75) is 45.2 Å². The number of carbonyl (C=O) groups is 1. The molecule has 0 amide bonds. The van der Waals surface area contributed by atoms with Crippen LogP contribution in [0.5, 0.6) is 0 Å². The van der Waals surface area contributed by atoms with E-state index in [1.165, 1.54) is 17.8 Å². The van der Waals surface area contributed by atoms with Gasteiger partial charge in [-0.3, -0.25) is 5.43 Å². The van der Waals surface area contributed by atoms with Crippen molar-refractivity contribution in [1.29, 1.82) is 0 Å². The Morgan fingerprint density at radius 2 is 2.18 bits per heavy atom. The van der Waals surface area contributed by atoms with Crippen LogP contribution < -0.4 is 5.43 Å². The summed E-state index contributed by atoms with van der Waals surface area (Å²) in [6, 6.07) is 0.909. The number of hydrogen-bond donors (Lipinski definition) is 2. The number of carboxylic acid groups (broad SMARTS) is 1. The maximum absolute atomic E-state index is 10.7. The van der Waals surface area contributed by atoms with Crippen molar-refractivity contribution in [3.05, 3.63) is 11.1 Å². The summed E-state index contributed by atoms with van der Waals surface area (Å²) >= 11 is 1.33. The lowest BCUT2D eigenvalue weighted by molar-refractivity contribution is 0.0691. The van der Waals surface area contributed by atoms with E-state index < -0.39 is 5.97 Å². The second kappa shape index (κ2) is 5.01. The van der Waals surface area contributed by atoms with Crippen molar-refractivity contribution in [2.24, 2.45) is 0 Å². The Kier molecular flexibility index (Phi) is 3.63. The molecular formula is C11H17N3O2S. The SMILES string of the molecule is CC1CCCC(C)N1Nc1nc(C(=O)O)cs1. The highest BCUT2D eigenvalue weighted by atomic mass is 32.1. The van der Waals surface area contributed by atoms with Gasteiger partial charge in [0.25, 0.3) is 0 Å². The lowest BCUT2D eigenvalue weighted by atomic mass is 10.00. The van der Waals surface area contributed by atoms with Crippen LogP contribution in [0.2, 0.25) is 0 Å². The zero-order valence-corrected chi connectivity index (χ0v) is 10.8. The van der Waals surface area contributed by atoms with Gasteiger partial charge >= 0.3 is 5.97 Å². The fourth-order valence-electron chi connectivity index (χ4n) is 2.18. The Hall–Kier alpha value is -1.14. The minimum Gasteiger partial charge on any atom is -0.476 e. The molecule has 0 bridgehead atoms. The fourth-order valence-corrected chi connectivity index (χ4v) is 2.86. The van der Waals surface area contributed by atoms with Gasteiger partial charge in [-0.05, 0) is 26.7 Å². The number of hydrazine groups is 1. The van der Waals surface area contributed by atoms with E-state index in [1.807, 2.05) is 0 Å². The third-order valence-electron chi connectivity index (χ3n) is 3.14. The third kappa shape index (κ3) is 2.76. The number of aromatic carboxylic acids is 1. The summed E-state index contributed by atoms with van der Waals surface area (Å²) in [5, 5.41) is 13.2. The van der Waals surface area contributed by atoms with Crippen molar-refractivity contribution in [1.82, 2.24) is 9.99 Å². The van der Waals surface area contributed by atoms with Gasteiger partial charge < -0.3 is 5.11 Å². The van der Waals surface area contributed by atoms with Gasteiger partial charge in [-0.1, -0.05) is 6.42 Å². The van der Waals surface area contributed by atoms with Gasteiger partial charge in [0, 0.05) is 17.5 Å². The summed E-state index contributed by atoms with van der Waals surface area (Å²) in [6.07, 6.45) is 3.57. The highest BCUT2D eigenvalue weighted by Gasteiger charge is 2.25. The molecule has 1 aliphatic heterocycles. The first-order valence-electron chi connectivity index (χ1n) is 5.81. The highest BCUT2D eigenvalue weighted by Crippen LogP contribution is 2.24. The molecule has 17 heavy (non-hydrogen) atoms. The second-order valence-corrected chi connectivity index (χ2v) is 5.35. The van der Waals surface area contributed by atoms with Gasteiger partial charge in [0.05, 0.1) is 0 Å². The van der Waals surface area contributed by atoms with Crippen LogP contribution in [-0.4, -0.2) is 33.2 Å². The molecule has 2 N–H and O–H groups in total. The predicted molar refractivity (Wildman–Crippen MR) is 67.3 cm³/mol. The number of aromatic nitrogens is 1. The molecule has 0 spiro atoms. The van der Waals surface area contributed by atoms with E-state index in [2.05, 4.69) is 29.3 Å². The van der Waals surface area contributed by atoms with Crippen LogP contribution in [-0.2, 0) is 0 Å². The molecule has 5 nitrogen and oxygen atoms in total. The van der Waals surface area contributed by atoms with Crippen LogP contribution in [0.4, 0.5) is 5.13 Å². The minimum atomic E-state index is -0.978. The topological polar surface area (TPSA) is 65.5 Å². The third-order valence-corrected chi connectivity index (χ3v) is 3.89. The molecule has 0 aromatic carbocycles. The van der Waals surface area contributed by atoms with Crippen LogP contribution in [0.1, 0.15) is 43.6 Å². The Morgan fingerprint density at radius 1 is 1.53 bits per heavy atom. The molecule has 0 saturated carbocycles. The average Bonchev–Trinajstić information content (AvgIpc) is 2.72. The molecule has 1 aromatic heterocycles. The Labute approximate surface area is 104 Å². The van der Waals surface area contributed by atoms with Gasteiger partial charge in [-0.15, -0.1) is 11.3 Å². The van der Waals surface area contributed by atoms with E-state index in [1.54, 1.807) is 5.38 Å². The van der Waals surface area contributed by atoms with E-state index in [0.29, 0.717) is 17.2 Å². The fraction of sp³-hybridized carbons (Fsp3) is 0.636. The normalized spacial score (nSPS) is 25.8. The molecule has 2 heterocycles. The first-order valence-corrected chi connectivity index (χ1v) is 6.69. The number of rotatable bonds is 3. The van der Waals surface area contributed by atoms with Crippen LogP contribution >= 0.6 is 11.3 Å². The maximum atomic E-state index is 10.7. The maximum Gasteiger partial charge on any atom is 0.355 e. The molecule has 6 heteroatoms. The quantitative estimate of drug-likeness (QED) is 0.868. The largest absolute Gasteiger partial charge is 0.476 e. The van der Waals surface area contributed by atoms with Crippen molar-refractivity contribution >= 4 is 22.4 Å². The van der Waals surface area contributed by atoms with E-state index in [9.17, 15) is 4.79 Å². The van der Waals surface area contributed by atoms with Gasteiger partial charge in [0.15, 0.2) is 10.8 Å². The number of anilines is 1. The van der Waals surface area contributed by atoms with E-state index in [4.69, 9.17) is 5.11 Å². The van der Waals surface area contributed by atoms with Crippen molar-refractivity contribution < 1.29 is 9.90 Å². The first kappa shape index (κ1) is 12.3. The highest BCUT2D eigenvalue weighted by molar-refractivity contribution is 7.13. The van der Waals surface area contributed by atoms with Crippen molar-refractivity contribution in [2.75, 3.05) is 5.43 Å². The number of thiazole rings is 1. The number of piperidine rings is 1. The summed E-state index contributed by atoms with van der Waals surface area (Å²) in [4.78, 5) is 14.8. The molecule has 94 valence electrons. The van der Waals surface area contributed by atoms with E-state index >= 15 is 0 Å². The van der Waals surface area contributed by atoms with Gasteiger partial charge in [-0.2, -0.15) is 0 Å². The minimum absolute atomic E-state index is 0.106. The van der Waals surface area contributed by atoms with Crippen LogP contribution in [0, 0.1) is 0 Å². The number of hydrogen-bond acceptors (Lipinski definition) is 5. The van der Waals surface area contributed by atoms with Crippen LogP contribution in [0.15, 0.2) is 5.38 Å². The summed E-state index contributed by atoms with van der Waals surface area (Å²) in [6.45, 7) is 4.35. The molecule has 1 fully saturated rings. The first-order chi connectivity index (χ1) is 8.08. The Balaban J connectivity index is 2.05. The summed E-state index contributed by atoms with van der Waals surface area (Å²) in [5.74, 6) is -0.978. The van der Waals surface area contributed by atoms with E-state index in [-0.39, 0.29) is 5.69 Å². The Morgan fingerprint density at radius 3 is 2.71 bits per heavy atom. The molecule has 1 aliphatic rings. The van der Waals surface area contributed by atoms with Gasteiger partial charge in [0.2, 0.25) is 0 Å². The van der Waals surface area contributed by atoms with E-state index in [0.717, 1.165) is 12.8 Å².